The van der Waals surface area contributed by atoms with Crippen LogP contribution in [0.3, 0.4) is 0 Å². The molecule has 1 N–H and O–H groups in total. The zero-order valence-electron chi connectivity index (χ0n) is 5.67. The van der Waals surface area contributed by atoms with Gasteiger partial charge in [0.1, 0.15) is 0 Å². The molecular formula is C7H12N2. The Balaban J connectivity index is 3.55. The average Bonchev–Trinajstić information content (AvgIpc) is 1.91. The van der Waals surface area contributed by atoms with E-state index in [1.165, 1.54) is 0 Å². The molecule has 0 aliphatic carbocycles. The van der Waals surface area contributed by atoms with E-state index in [2.05, 4.69) is 11.7 Å². The van der Waals surface area contributed by atoms with Crippen LogP contribution < -0.4 is 0 Å². The van der Waals surface area contributed by atoms with Gasteiger partial charge in [-0.3, -0.25) is 0 Å². The number of nitrogens with zero attached hydrogens (tertiary/aromatic N) is 1. The summed E-state index contributed by atoms with van der Waals surface area (Å²) in [7, 11) is 0. The van der Waals surface area contributed by atoms with Crippen LogP contribution in [0.15, 0.2) is 29.9 Å². The van der Waals surface area contributed by atoms with Gasteiger partial charge in [0.15, 0.2) is 0 Å². The van der Waals surface area contributed by atoms with Gasteiger partial charge in [-0.05, 0) is 13.3 Å². The van der Waals surface area contributed by atoms with Gasteiger partial charge in [0.05, 0.1) is 6.04 Å². The van der Waals surface area contributed by atoms with Crippen molar-refractivity contribution in [3.63, 3.8) is 0 Å². The van der Waals surface area contributed by atoms with Crippen molar-refractivity contribution in [2.75, 3.05) is 0 Å². The van der Waals surface area contributed by atoms with Crippen molar-refractivity contribution in [2.45, 2.75) is 19.4 Å². The molecule has 2 nitrogen and oxygen atoms in total. The van der Waals surface area contributed by atoms with Crippen LogP contribution in [0.25, 0.3) is 0 Å². The van der Waals surface area contributed by atoms with Gasteiger partial charge in [0.2, 0.25) is 0 Å². The van der Waals surface area contributed by atoms with Crippen LogP contribution in [0.5, 0.6) is 0 Å². The van der Waals surface area contributed by atoms with Gasteiger partial charge >= 0.3 is 0 Å². The van der Waals surface area contributed by atoms with Crippen molar-refractivity contribution in [3.8, 4) is 0 Å². The van der Waals surface area contributed by atoms with Crippen molar-refractivity contribution in [1.82, 2.24) is 0 Å². The van der Waals surface area contributed by atoms with E-state index in [4.69, 9.17) is 5.53 Å². The lowest BCUT2D eigenvalue weighted by Crippen LogP contribution is -1.94. The lowest BCUT2D eigenvalue weighted by Gasteiger charge is -1.96. The van der Waals surface area contributed by atoms with Crippen LogP contribution in [-0.2, 0) is 0 Å². The molecule has 2 heteroatoms. The Kier molecular flexibility index (Phi) is 4.69. The van der Waals surface area contributed by atoms with Crippen LogP contribution in [0.2, 0.25) is 0 Å². The smallest absolute Gasteiger partial charge is 0.0917 e. The molecule has 0 aliphatic heterocycles. The van der Waals surface area contributed by atoms with Crippen LogP contribution >= 0.6 is 0 Å². The van der Waals surface area contributed by atoms with Crippen molar-refractivity contribution in [2.24, 2.45) is 5.11 Å². The lowest BCUT2D eigenvalue weighted by atomic mass is 10.2. The van der Waals surface area contributed by atoms with Crippen LogP contribution in [0.4, 0.5) is 0 Å². The summed E-state index contributed by atoms with van der Waals surface area (Å²) in [5.41, 5.74) is 6.66. The molecule has 0 aliphatic rings. The minimum atomic E-state index is -0.0267. The van der Waals surface area contributed by atoms with Gasteiger partial charge in [0, 0.05) is 0 Å². The number of allylic oxidation sites excluding steroid dienone is 1. The second-order valence-corrected chi connectivity index (χ2v) is 1.74. The van der Waals surface area contributed by atoms with E-state index in [1.807, 2.05) is 19.1 Å². The Hall–Kier alpha value is -0.920. The summed E-state index contributed by atoms with van der Waals surface area (Å²) in [6, 6.07) is -0.0267. The first-order valence-corrected chi connectivity index (χ1v) is 2.95. The first-order valence-electron chi connectivity index (χ1n) is 2.95. The Morgan fingerprint density at radius 2 is 2.44 bits per heavy atom. The monoisotopic (exact) mass is 124 g/mol. The van der Waals surface area contributed by atoms with E-state index >= 15 is 0 Å². The molecule has 0 heterocycles. The zero-order chi connectivity index (χ0) is 7.11. The van der Waals surface area contributed by atoms with Crippen molar-refractivity contribution >= 4 is 0 Å². The summed E-state index contributed by atoms with van der Waals surface area (Å²) in [5, 5.41) is 3.32. The fourth-order valence-corrected chi connectivity index (χ4v) is 0.477. The molecular weight excluding hydrogens is 112 g/mol. The molecule has 0 spiro atoms. The summed E-state index contributed by atoms with van der Waals surface area (Å²) in [6.07, 6.45) is 6.39. The highest BCUT2D eigenvalue weighted by Gasteiger charge is 1.94. The lowest BCUT2D eigenvalue weighted by molar-refractivity contribution is 0.755. The van der Waals surface area contributed by atoms with E-state index in [9.17, 15) is 0 Å². The van der Waals surface area contributed by atoms with Crippen LogP contribution in [-0.4, -0.2) is 6.04 Å². The summed E-state index contributed by atoms with van der Waals surface area (Å²) in [4.78, 5) is 0. The van der Waals surface area contributed by atoms with E-state index in [0.29, 0.717) is 0 Å². The first kappa shape index (κ1) is 8.08. The maximum absolute atomic E-state index is 6.66. The number of hydrogen-bond donors (Lipinski definition) is 1. The molecule has 0 fully saturated rings. The molecule has 0 aromatic carbocycles. The number of rotatable bonds is 4. The zero-order valence-corrected chi connectivity index (χ0v) is 5.67. The van der Waals surface area contributed by atoms with Crippen molar-refractivity contribution in [1.29, 1.82) is 5.53 Å². The molecule has 0 rings (SSSR count). The predicted molar refractivity (Wildman–Crippen MR) is 38.6 cm³/mol. The Labute approximate surface area is 55.8 Å². The second kappa shape index (κ2) is 5.22. The summed E-state index contributed by atoms with van der Waals surface area (Å²) in [6.45, 7) is 5.49. The number of hydrogen-bond acceptors (Lipinski definition) is 2. The highest BCUT2D eigenvalue weighted by atomic mass is 15.0. The topological polar surface area (TPSA) is 36.2 Å². The SMILES string of the molecule is C=CC(C/C=C\C)N=N. The van der Waals surface area contributed by atoms with E-state index < -0.39 is 0 Å². The molecule has 0 saturated carbocycles. The van der Waals surface area contributed by atoms with Crippen molar-refractivity contribution < 1.29 is 0 Å². The van der Waals surface area contributed by atoms with Gasteiger partial charge in [-0.2, -0.15) is 5.11 Å². The van der Waals surface area contributed by atoms with Gasteiger partial charge in [-0.25, -0.2) is 5.53 Å². The molecule has 1 atom stereocenters. The largest absolute Gasteiger partial charge is 0.209 e. The van der Waals surface area contributed by atoms with Gasteiger partial charge in [0.25, 0.3) is 0 Å². The van der Waals surface area contributed by atoms with E-state index in [0.717, 1.165) is 6.42 Å². The standard InChI is InChI=1S/C7H12N2/c1-3-5-6-7(4-2)9-8/h3-5,7-8H,2,6H2,1H3/b5-3-,9-8?. The molecule has 0 bridgehead atoms. The van der Waals surface area contributed by atoms with Crippen LogP contribution in [0.1, 0.15) is 13.3 Å². The minimum Gasteiger partial charge on any atom is -0.209 e. The molecule has 0 saturated heterocycles. The molecule has 50 valence electrons. The average molecular weight is 124 g/mol. The number of nitrogens with one attached hydrogen (secondary N) is 1. The Bertz CT molecular complexity index is 108. The maximum Gasteiger partial charge on any atom is 0.0917 e. The first-order chi connectivity index (χ1) is 4.35. The third-order valence-corrected chi connectivity index (χ3v) is 1.05. The van der Waals surface area contributed by atoms with Crippen LogP contribution in [0, 0.1) is 5.53 Å². The summed E-state index contributed by atoms with van der Waals surface area (Å²) < 4.78 is 0. The minimum absolute atomic E-state index is 0.0267. The molecule has 1 unspecified atom stereocenters. The third kappa shape index (κ3) is 3.64. The summed E-state index contributed by atoms with van der Waals surface area (Å²) >= 11 is 0. The fraction of sp³-hybridized carbons (Fsp3) is 0.429. The quantitative estimate of drug-likeness (QED) is 0.441. The fourth-order valence-electron chi connectivity index (χ4n) is 0.477. The highest BCUT2D eigenvalue weighted by Crippen LogP contribution is 1.98. The molecule has 0 aromatic heterocycles. The van der Waals surface area contributed by atoms with Gasteiger partial charge in [-0.15, -0.1) is 6.58 Å². The molecule has 0 radical (unpaired) electrons. The Morgan fingerprint density at radius 1 is 1.78 bits per heavy atom. The molecule has 0 aromatic rings. The highest BCUT2D eigenvalue weighted by molar-refractivity contribution is 4.91. The third-order valence-electron chi connectivity index (χ3n) is 1.05. The van der Waals surface area contributed by atoms with Crippen molar-refractivity contribution in [3.05, 3.63) is 24.8 Å². The van der Waals surface area contributed by atoms with E-state index in [1.54, 1.807) is 6.08 Å². The molecule has 9 heavy (non-hydrogen) atoms. The normalized spacial score (nSPS) is 13.4. The summed E-state index contributed by atoms with van der Waals surface area (Å²) in [5.74, 6) is 0. The van der Waals surface area contributed by atoms with Gasteiger partial charge < -0.3 is 0 Å². The van der Waals surface area contributed by atoms with Gasteiger partial charge in [-0.1, -0.05) is 18.2 Å². The predicted octanol–water partition coefficient (Wildman–Crippen LogP) is 2.54. The molecule has 0 amide bonds. The maximum atomic E-state index is 6.66. The van der Waals surface area contributed by atoms with E-state index in [-0.39, 0.29) is 6.04 Å². The second-order valence-electron chi connectivity index (χ2n) is 1.74. The Morgan fingerprint density at radius 3 is 2.78 bits per heavy atom.